The highest BCUT2D eigenvalue weighted by atomic mass is 16.6. The van der Waals surface area contributed by atoms with Crippen molar-refractivity contribution in [1.82, 2.24) is 14.7 Å². The highest BCUT2D eigenvalue weighted by molar-refractivity contribution is 6.04. The number of nitrogens with zero attached hydrogens (tertiary/aromatic N) is 2. The second-order valence-electron chi connectivity index (χ2n) is 12.3. The van der Waals surface area contributed by atoms with Gasteiger partial charge in [-0.3, -0.25) is 14.3 Å². The van der Waals surface area contributed by atoms with Gasteiger partial charge in [-0.25, -0.2) is 9.59 Å². The zero-order chi connectivity index (χ0) is 33.7. The highest BCUT2D eigenvalue weighted by Gasteiger charge is 2.28. The highest BCUT2D eigenvalue weighted by Crippen LogP contribution is 2.29. The molecule has 0 spiro atoms. The Kier molecular flexibility index (Phi) is 9.75. The standard InChI is InChI=1S/C38H39N3O6/c1-6-26-20-13-15-25(2)31(26)23-39-37(45)41-35(43)29-21-14-22-30(33(29)40(41)24-32(42)47-38(3,4)5)36(44)46-34(27-16-9-7-10-17-27)28-18-11-8-12-19-28/h7-22,34H,6,23-24H2,1-5H3,(H,39,45). The van der Waals surface area contributed by atoms with Crippen molar-refractivity contribution in [3.05, 3.63) is 141 Å². The minimum absolute atomic E-state index is 0.0266. The van der Waals surface area contributed by atoms with Crippen molar-refractivity contribution in [1.29, 1.82) is 0 Å². The molecule has 5 aromatic rings. The van der Waals surface area contributed by atoms with E-state index in [9.17, 15) is 19.2 Å². The Morgan fingerprint density at radius 1 is 0.830 bits per heavy atom. The van der Waals surface area contributed by atoms with Crippen LogP contribution in [-0.2, 0) is 33.8 Å². The van der Waals surface area contributed by atoms with Gasteiger partial charge in [0, 0.05) is 6.54 Å². The van der Waals surface area contributed by atoms with Crippen molar-refractivity contribution < 1.29 is 23.9 Å². The van der Waals surface area contributed by atoms with E-state index in [0.717, 1.165) is 38.9 Å². The van der Waals surface area contributed by atoms with E-state index in [1.165, 1.54) is 16.8 Å². The van der Waals surface area contributed by atoms with Crippen molar-refractivity contribution in [2.24, 2.45) is 0 Å². The molecule has 0 saturated heterocycles. The number of para-hydroxylation sites is 1. The summed E-state index contributed by atoms with van der Waals surface area (Å²) in [5, 5.41) is 2.94. The Bertz CT molecular complexity index is 1930. The smallest absolute Gasteiger partial charge is 0.344 e. The maximum atomic E-state index is 14.0. The average Bonchev–Trinajstić information content (AvgIpc) is 3.33. The third-order valence-electron chi connectivity index (χ3n) is 7.80. The van der Waals surface area contributed by atoms with Crippen LogP contribution in [0.25, 0.3) is 10.9 Å². The van der Waals surface area contributed by atoms with Crippen molar-refractivity contribution in [2.75, 3.05) is 0 Å². The minimum atomic E-state index is -0.824. The minimum Gasteiger partial charge on any atom is -0.459 e. The van der Waals surface area contributed by atoms with Gasteiger partial charge in [0.05, 0.1) is 16.5 Å². The molecule has 0 aliphatic rings. The van der Waals surface area contributed by atoms with Gasteiger partial charge in [0.2, 0.25) is 0 Å². The monoisotopic (exact) mass is 633 g/mol. The zero-order valence-electron chi connectivity index (χ0n) is 27.3. The van der Waals surface area contributed by atoms with Crippen LogP contribution < -0.4 is 10.9 Å². The number of rotatable bonds is 9. The largest absolute Gasteiger partial charge is 0.459 e. The summed E-state index contributed by atoms with van der Waals surface area (Å²) in [5.74, 6) is -1.41. The van der Waals surface area contributed by atoms with Gasteiger partial charge in [-0.1, -0.05) is 91.9 Å². The van der Waals surface area contributed by atoms with Crippen LogP contribution in [-0.4, -0.2) is 32.9 Å². The predicted molar refractivity (Wildman–Crippen MR) is 180 cm³/mol. The van der Waals surface area contributed by atoms with E-state index < -0.39 is 41.8 Å². The lowest BCUT2D eigenvalue weighted by molar-refractivity contribution is -0.155. The van der Waals surface area contributed by atoms with Gasteiger partial charge in [0.1, 0.15) is 12.1 Å². The van der Waals surface area contributed by atoms with Gasteiger partial charge in [0.15, 0.2) is 6.10 Å². The number of nitrogens with one attached hydrogen (secondary N) is 1. The Hall–Kier alpha value is -5.44. The number of carbonyl (C=O) groups is 3. The molecule has 0 unspecified atom stereocenters. The van der Waals surface area contributed by atoms with Crippen LogP contribution in [0, 0.1) is 6.92 Å². The van der Waals surface area contributed by atoms with Crippen LogP contribution >= 0.6 is 0 Å². The summed E-state index contributed by atoms with van der Waals surface area (Å²) in [6.45, 7) is 8.83. The second-order valence-corrected chi connectivity index (χ2v) is 12.3. The summed E-state index contributed by atoms with van der Waals surface area (Å²) in [7, 11) is 0. The van der Waals surface area contributed by atoms with Crippen molar-refractivity contribution in [3.63, 3.8) is 0 Å². The van der Waals surface area contributed by atoms with Crippen LogP contribution in [0.3, 0.4) is 0 Å². The molecule has 0 radical (unpaired) electrons. The van der Waals surface area contributed by atoms with Crippen molar-refractivity contribution in [3.8, 4) is 0 Å². The molecule has 0 atom stereocenters. The summed E-state index contributed by atoms with van der Waals surface area (Å²) in [6.07, 6.45) is 0.0166. The van der Waals surface area contributed by atoms with Gasteiger partial charge < -0.3 is 14.8 Å². The van der Waals surface area contributed by atoms with Crippen LogP contribution in [0.4, 0.5) is 4.79 Å². The number of ether oxygens (including phenoxy) is 2. The number of fused-ring (bicyclic) bond motifs is 1. The fraction of sp³-hybridized carbons (Fsp3) is 0.263. The first-order chi connectivity index (χ1) is 22.5. The van der Waals surface area contributed by atoms with E-state index in [0.29, 0.717) is 0 Å². The zero-order valence-corrected chi connectivity index (χ0v) is 27.3. The van der Waals surface area contributed by atoms with E-state index in [1.54, 1.807) is 26.8 Å². The number of aromatic nitrogens is 2. The third kappa shape index (κ3) is 7.35. The Morgan fingerprint density at radius 3 is 2.04 bits per heavy atom. The Labute approximate surface area is 273 Å². The fourth-order valence-corrected chi connectivity index (χ4v) is 5.67. The SMILES string of the molecule is CCc1cccc(C)c1CNC(=O)n1c(=O)c2cccc(C(=O)OC(c3ccccc3)c3ccccc3)c2n1CC(=O)OC(C)(C)C. The lowest BCUT2D eigenvalue weighted by Gasteiger charge is -2.21. The molecule has 0 aliphatic carbocycles. The lowest BCUT2D eigenvalue weighted by Crippen LogP contribution is -2.40. The molecule has 9 heteroatoms. The Morgan fingerprint density at radius 2 is 1.45 bits per heavy atom. The number of benzene rings is 4. The molecule has 5 rings (SSSR count). The quantitative estimate of drug-likeness (QED) is 0.181. The van der Waals surface area contributed by atoms with Crippen LogP contribution in [0.5, 0.6) is 0 Å². The number of carbonyl (C=O) groups excluding carboxylic acids is 3. The molecular weight excluding hydrogens is 594 g/mol. The van der Waals surface area contributed by atoms with Gasteiger partial charge >= 0.3 is 18.0 Å². The first kappa shape index (κ1) is 32.9. The molecule has 1 heterocycles. The van der Waals surface area contributed by atoms with Gasteiger partial charge in [-0.05, 0) is 74.1 Å². The van der Waals surface area contributed by atoms with Gasteiger partial charge in [-0.2, -0.15) is 4.68 Å². The number of amides is 1. The average molecular weight is 634 g/mol. The molecule has 1 amide bonds. The van der Waals surface area contributed by atoms with Crippen LogP contribution in [0.1, 0.15) is 72.0 Å². The summed E-state index contributed by atoms with van der Waals surface area (Å²) in [4.78, 5) is 54.9. The number of hydrogen-bond donors (Lipinski definition) is 1. The molecule has 9 nitrogen and oxygen atoms in total. The molecule has 0 saturated carbocycles. The van der Waals surface area contributed by atoms with Crippen molar-refractivity contribution >= 4 is 28.9 Å². The summed E-state index contributed by atoms with van der Waals surface area (Å²) in [6, 6.07) is 28.4. The molecule has 1 aromatic heterocycles. The number of aryl methyl sites for hydroxylation is 2. The molecular formula is C38H39N3O6. The molecule has 0 fully saturated rings. The fourth-order valence-electron chi connectivity index (χ4n) is 5.67. The summed E-state index contributed by atoms with van der Waals surface area (Å²) in [5.41, 5.74) is 3.14. The van der Waals surface area contributed by atoms with E-state index in [1.807, 2.05) is 92.7 Å². The van der Waals surface area contributed by atoms with Crippen molar-refractivity contribution in [2.45, 2.75) is 65.8 Å². The van der Waals surface area contributed by atoms with E-state index in [2.05, 4.69) is 5.32 Å². The summed E-state index contributed by atoms with van der Waals surface area (Å²) >= 11 is 0. The van der Waals surface area contributed by atoms with E-state index in [-0.39, 0.29) is 23.0 Å². The van der Waals surface area contributed by atoms with Gasteiger partial charge in [0.25, 0.3) is 5.56 Å². The molecule has 47 heavy (non-hydrogen) atoms. The molecule has 0 aliphatic heterocycles. The number of hydrogen-bond acceptors (Lipinski definition) is 6. The molecule has 4 aromatic carbocycles. The maximum Gasteiger partial charge on any atom is 0.344 e. The van der Waals surface area contributed by atoms with E-state index in [4.69, 9.17) is 9.47 Å². The van der Waals surface area contributed by atoms with Gasteiger partial charge in [-0.15, -0.1) is 0 Å². The maximum absolute atomic E-state index is 14.0. The normalized spacial score (nSPS) is 11.4. The number of esters is 2. The summed E-state index contributed by atoms with van der Waals surface area (Å²) < 4.78 is 13.8. The molecule has 1 N–H and O–H groups in total. The third-order valence-corrected chi connectivity index (χ3v) is 7.80. The van der Waals surface area contributed by atoms with E-state index >= 15 is 0 Å². The Balaban J connectivity index is 1.59. The molecule has 0 bridgehead atoms. The first-order valence-electron chi connectivity index (χ1n) is 15.6. The predicted octanol–water partition coefficient (Wildman–Crippen LogP) is 6.72. The van der Waals surface area contributed by atoms with Crippen LogP contribution in [0.15, 0.2) is 102 Å². The topological polar surface area (TPSA) is 109 Å². The first-order valence-corrected chi connectivity index (χ1v) is 15.6. The second kappa shape index (κ2) is 13.9. The molecule has 242 valence electrons. The lowest BCUT2D eigenvalue weighted by atomic mass is 10.0. The van der Waals surface area contributed by atoms with Crippen LogP contribution in [0.2, 0.25) is 0 Å².